The number of hydrogen-bond acceptors (Lipinski definition) is 4. The second-order valence-corrected chi connectivity index (χ2v) is 10.4. The molecule has 0 saturated heterocycles. The van der Waals surface area contributed by atoms with Gasteiger partial charge in [-0.3, -0.25) is 0 Å². The average molecular weight is 527 g/mol. The molecule has 0 saturated carbocycles. The minimum absolute atomic E-state index is 0.284. The van der Waals surface area contributed by atoms with Gasteiger partial charge in [0.25, 0.3) is 0 Å². The molecule has 39 heavy (non-hydrogen) atoms. The number of carbonyl (C=O) groups is 1. The summed E-state index contributed by atoms with van der Waals surface area (Å²) < 4.78 is 0. The van der Waals surface area contributed by atoms with Crippen LogP contribution in [0.5, 0.6) is 0 Å². The van der Waals surface area contributed by atoms with Crippen molar-refractivity contribution in [3.8, 4) is 27.0 Å². The molecule has 5 rings (SSSR count). The highest BCUT2D eigenvalue weighted by atomic mass is 32.1. The van der Waals surface area contributed by atoms with Crippen LogP contribution in [-0.2, 0) is 4.79 Å². The molecule has 0 unspecified atom stereocenters. The minimum Gasteiger partial charge on any atom is -0.477 e. The highest BCUT2D eigenvalue weighted by Gasteiger charge is 2.13. The van der Waals surface area contributed by atoms with Crippen LogP contribution in [0.4, 0.5) is 17.1 Å². The lowest BCUT2D eigenvalue weighted by atomic mass is 10.1. The molecule has 0 amide bonds. The Morgan fingerprint density at radius 3 is 1.51 bits per heavy atom. The van der Waals surface area contributed by atoms with E-state index in [1.54, 1.807) is 17.4 Å². The molecule has 0 aliphatic carbocycles. The number of thiophene rings is 1. The third-order valence-electron chi connectivity index (χ3n) is 6.46. The fraction of sp³-hybridized carbons (Fsp3) is 0.0588. The van der Waals surface area contributed by atoms with Gasteiger partial charge in [0.05, 0.1) is 0 Å². The lowest BCUT2D eigenvalue weighted by Gasteiger charge is -2.26. The Morgan fingerprint density at radius 1 is 0.692 bits per heavy atom. The summed E-state index contributed by atoms with van der Waals surface area (Å²) in [6, 6.07) is 39.3. The SMILES string of the molecule is Cc1ccc(N(c2ccc(C)cc2)c2ccc(-c3ccc(-c4ccc(/C=C(\C#N)C(=O)O)cc4)s3)cc2)cc1. The van der Waals surface area contributed by atoms with E-state index in [1.807, 2.05) is 24.3 Å². The Labute approximate surface area is 232 Å². The molecule has 1 aromatic heterocycles. The molecule has 5 heteroatoms. The van der Waals surface area contributed by atoms with E-state index in [1.165, 1.54) is 17.2 Å². The van der Waals surface area contributed by atoms with E-state index in [0.717, 1.165) is 37.9 Å². The summed E-state index contributed by atoms with van der Waals surface area (Å²) in [6.45, 7) is 4.19. The number of hydrogen-bond donors (Lipinski definition) is 1. The third-order valence-corrected chi connectivity index (χ3v) is 7.64. The van der Waals surface area contributed by atoms with Gasteiger partial charge in [0, 0.05) is 26.8 Å². The first-order valence-electron chi connectivity index (χ1n) is 12.5. The fourth-order valence-electron chi connectivity index (χ4n) is 4.31. The molecule has 5 aromatic rings. The normalized spacial score (nSPS) is 11.2. The van der Waals surface area contributed by atoms with Gasteiger partial charge in [-0.2, -0.15) is 5.26 Å². The number of benzene rings is 4. The standard InChI is InChI=1S/C34H26N2O2S/c1-23-3-13-29(14-4-23)36(30-15-5-24(2)6-16-30)31-17-11-27(12-18-31)33-20-19-32(39-33)26-9-7-25(8-10-26)21-28(22-35)34(37)38/h3-21H,1-2H3,(H,37,38)/b28-21+. The number of nitrogens with zero attached hydrogens (tertiary/aromatic N) is 2. The van der Waals surface area contributed by atoms with E-state index < -0.39 is 5.97 Å². The van der Waals surface area contributed by atoms with Crippen LogP contribution in [0.3, 0.4) is 0 Å². The summed E-state index contributed by atoms with van der Waals surface area (Å²) in [5.74, 6) is -1.23. The molecular weight excluding hydrogens is 500 g/mol. The molecule has 190 valence electrons. The smallest absolute Gasteiger partial charge is 0.346 e. The van der Waals surface area contributed by atoms with Crippen molar-refractivity contribution in [1.82, 2.24) is 0 Å². The first kappa shape index (κ1) is 25.7. The number of anilines is 3. The van der Waals surface area contributed by atoms with Gasteiger partial charge < -0.3 is 10.0 Å². The molecule has 4 nitrogen and oxygen atoms in total. The van der Waals surface area contributed by atoms with Crippen LogP contribution in [0.25, 0.3) is 27.0 Å². The number of carboxylic acid groups (broad SMARTS) is 1. The maximum absolute atomic E-state index is 11.1. The monoisotopic (exact) mass is 526 g/mol. The predicted octanol–water partition coefficient (Wildman–Crippen LogP) is 9.16. The molecular formula is C34H26N2O2S. The Morgan fingerprint density at radius 2 is 1.10 bits per heavy atom. The maximum Gasteiger partial charge on any atom is 0.346 e. The second kappa shape index (κ2) is 11.2. The molecule has 4 aromatic carbocycles. The van der Waals surface area contributed by atoms with Crippen molar-refractivity contribution in [3.63, 3.8) is 0 Å². The summed E-state index contributed by atoms with van der Waals surface area (Å²) in [5, 5.41) is 18.1. The van der Waals surface area contributed by atoms with E-state index in [0.29, 0.717) is 5.56 Å². The summed E-state index contributed by atoms with van der Waals surface area (Å²) in [5.41, 5.74) is 8.34. The zero-order chi connectivity index (χ0) is 27.4. The molecule has 1 N–H and O–H groups in total. The van der Waals surface area contributed by atoms with Gasteiger partial charge >= 0.3 is 5.97 Å². The van der Waals surface area contributed by atoms with Crippen molar-refractivity contribution in [2.75, 3.05) is 4.90 Å². The summed E-state index contributed by atoms with van der Waals surface area (Å²) in [6.07, 6.45) is 1.38. The van der Waals surface area contributed by atoms with Crippen LogP contribution in [-0.4, -0.2) is 11.1 Å². The van der Waals surface area contributed by atoms with Crippen LogP contribution >= 0.6 is 11.3 Å². The van der Waals surface area contributed by atoms with Crippen LogP contribution in [0.2, 0.25) is 0 Å². The summed E-state index contributed by atoms with van der Waals surface area (Å²) in [4.78, 5) is 15.6. The number of aliphatic carboxylic acids is 1. The van der Waals surface area contributed by atoms with Crippen molar-refractivity contribution in [1.29, 1.82) is 5.26 Å². The van der Waals surface area contributed by atoms with Crippen molar-refractivity contribution in [2.24, 2.45) is 0 Å². The Balaban J connectivity index is 1.40. The largest absolute Gasteiger partial charge is 0.477 e. The molecule has 1 heterocycles. The first-order chi connectivity index (χ1) is 18.9. The molecule has 0 bridgehead atoms. The van der Waals surface area contributed by atoms with E-state index in [4.69, 9.17) is 10.4 Å². The van der Waals surface area contributed by atoms with Crippen LogP contribution in [0, 0.1) is 25.2 Å². The van der Waals surface area contributed by atoms with Gasteiger partial charge in [-0.05, 0) is 85.1 Å². The molecule has 0 radical (unpaired) electrons. The van der Waals surface area contributed by atoms with E-state index in [2.05, 4.69) is 104 Å². The molecule has 0 fully saturated rings. The number of aryl methyl sites for hydroxylation is 2. The molecule has 0 aliphatic rings. The summed E-state index contributed by atoms with van der Waals surface area (Å²) in [7, 11) is 0. The van der Waals surface area contributed by atoms with E-state index in [-0.39, 0.29) is 5.57 Å². The zero-order valence-electron chi connectivity index (χ0n) is 21.6. The quantitative estimate of drug-likeness (QED) is 0.170. The van der Waals surface area contributed by atoms with Crippen molar-refractivity contribution >= 4 is 40.4 Å². The molecule has 0 atom stereocenters. The Bertz CT molecular complexity index is 1630. The Hall–Kier alpha value is -4.92. The maximum atomic E-state index is 11.1. The highest BCUT2D eigenvalue weighted by Crippen LogP contribution is 2.38. The molecule has 0 spiro atoms. The highest BCUT2D eigenvalue weighted by molar-refractivity contribution is 7.18. The predicted molar refractivity (Wildman–Crippen MR) is 161 cm³/mol. The summed E-state index contributed by atoms with van der Waals surface area (Å²) >= 11 is 1.70. The first-order valence-corrected chi connectivity index (χ1v) is 13.3. The van der Waals surface area contributed by atoms with Gasteiger partial charge in [-0.1, -0.05) is 71.8 Å². The van der Waals surface area contributed by atoms with Gasteiger partial charge in [0.2, 0.25) is 0 Å². The van der Waals surface area contributed by atoms with Gasteiger partial charge in [0.15, 0.2) is 0 Å². The number of nitriles is 1. The number of carboxylic acids is 1. The fourth-order valence-corrected chi connectivity index (χ4v) is 5.33. The van der Waals surface area contributed by atoms with Crippen LogP contribution in [0.15, 0.2) is 115 Å². The lowest BCUT2D eigenvalue weighted by Crippen LogP contribution is -2.09. The van der Waals surface area contributed by atoms with Gasteiger partial charge in [-0.15, -0.1) is 11.3 Å². The topological polar surface area (TPSA) is 64.3 Å². The second-order valence-electron chi connectivity index (χ2n) is 9.31. The van der Waals surface area contributed by atoms with Crippen molar-refractivity contribution < 1.29 is 9.90 Å². The molecule has 0 aliphatic heterocycles. The average Bonchev–Trinajstić information content (AvgIpc) is 3.45. The minimum atomic E-state index is -1.23. The number of rotatable bonds is 7. The van der Waals surface area contributed by atoms with Gasteiger partial charge in [-0.25, -0.2) is 4.79 Å². The van der Waals surface area contributed by atoms with E-state index >= 15 is 0 Å². The van der Waals surface area contributed by atoms with E-state index in [9.17, 15) is 4.79 Å². The zero-order valence-corrected chi connectivity index (χ0v) is 22.4. The van der Waals surface area contributed by atoms with Crippen molar-refractivity contribution in [3.05, 3.63) is 131 Å². The lowest BCUT2D eigenvalue weighted by molar-refractivity contribution is -0.132. The van der Waals surface area contributed by atoms with Crippen LogP contribution in [0.1, 0.15) is 16.7 Å². The van der Waals surface area contributed by atoms with Crippen molar-refractivity contribution in [2.45, 2.75) is 13.8 Å². The van der Waals surface area contributed by atoms with Crippen LogP contribution < -0.4 is 4.90 Å². The third kappa shape index (κ3) is 5.82. The Kier molecular flexibility index (Phi) is 7.40. The van der Waals surface area contributed by atoms with Gasteiger partial charge in [0.1, 0.15) is 11.6 Å².